The van der Waals surface area contributed by atoms with Crippen LogP contribution in [0.25, 0.3) is 0 Å². The number of halogens is 1. The molecule has 0 saturated heterocycles. The van der Waals surface area contributed by atoms with Crippen molar-refractivity contribution in [3.8, 4) is 0 Å². The molecule has 1 fully saturated rings. The predicted molar refractivity (Wildman–Crippen MR) is 59.5 cm³/mol. The Morgan fingerprint density at radius 1 is 1.46 bits per heavy atom. The summed E-state index contributed by atoms with van der Waals surface area (Å²) >= 11 is 1.68. The standard InChI is InChI=1S/C9H16INO2/c1-11-6-7-2-4-8(5-3-7)9(12)13-10/h7-8,11H,2-6H2,1H3. The second-order valence-corrected chi connectivity index (χ2v) is 4.11. The number of nitrogens with one attached hydrogen (secondary N) is 1. The SMILES string of the molecule is CNCC1CCC(C(=O)OI)CC1. The zero-order valence-electron chi connectivity index (χ0n) is 7.88. The fourth-order valence-electron chi connectivity index (χ4n) is 1.95. The molecule has 0 amide bonds. The van der Waals surface area contributed by atoms with E-state index in [9.17, 15) is 4.79 Å². The normalized spacial score (nSPS) is 28.5. The second-order valence-electron chi connectivity index (χ2n) is 3.67. The highest BCUT2D eigenvalue weighted by atomic mass is 127. The Labute approximate surface area is 93.3 Å². The van der Waals surface area contributed by atoms with Crippen LogP contribution in [-0.4, -0.2) is 19.6 Å². The van der Waals surface area contributed by atoms with E-state index in [1.54, 1.807) is 23.0 Å². The maximum absolute atomic E-state index is 11.2. The first-order chi connectivity index (χ1) is 6.27. The molecule has 76 valence electrons. The first-order valence-electron chi connectivity index (χ1n) is 4.75. The molecule has 0 aliphatic heterocycles. The van der Waals surface area contributed by atoms with Gasteiger partial charge in [0.1, 0.15) is 0 Å². The molecular formula is C9H16INO2. The maximum Gasteiger partial charge on any atom is 0.318 e. The van der Waals surface area contributed by atoms with Crippen LogP contribution in [0.2, 0.25) is 0 Å². The van der Waals surface area contributed by atoms with E-state index in [-0.39, 0.29) is 11.9 Å². The Kier molecular flexibility index (Phi) is 5.01. The lowest BCUT2D eigenvalue weighted by molar-refractivity contribution is -0.137. The molecule has 0 aromatic heterocycles. The highest BCUT2D eigenvalue weighted by molar-refractivity contribution is 14.1. The largest absolute Gasteiger partial charge is 0.394 e. The molecule has 0 bridgehead atoms. The zero-order valence-corrected chi connectivity index (χ0v) is 10.0. The van der Waals surface area contributed by atoms with Gasteiger partial charge >= 0.3 is 5.97 Å². The van der Waals surface area contributed by atoms with E-state index in [4.69, 9.17) is 3.07 Å². The predicted octanol–water partition coefficient (Wildman–Crippen LogP) is 1.91. The molecule has 0 atom stereocenters. The summed E-state index contributed by atoms with van der Waals surface area (Å²) in [6.07, 6.45) is 4.29. The summed E-state index contributed by atoms with van der Waals surface area (Å²) in [5, 5.41) is 3.18. The number of carbonyl (C=O) groups excluding carboxylic acids is 1. The summed E-state index contributed by atoms with van der Waals surface area (Å²) in [5.41, 5.74) is 0. The van der Waals surface area contributed by atoms with Gasteiger partial charge in [0.15, 0.2) is 23.0 Å². The summed E-state index contributed by atoms with van der Waals surface area (Å²) < 4.78 is 4.70. The smallest absolute Gasteiger partial charge is 0.318 e. The van der Waals surface area contributed by atoms with Crippen LogP contribution in [0.4, 0.5) is 0 Å². The van der Waals surface area contributed by atoms with Crippen molar-refractivity contribution >= 4 is 29.0 Å². The van der Waals surface area contributed by atoms with Gasteiger partial charge < -0.3 is 8.38 Å². The van der Waals surface area contributed by atoms with E-state index in [0.29, 0.717) is 0 Å². The average Bonchev–Trinajstić information content (AvgIpc) is 2.18. The van der Waals surface area contributed by atoms with Crippen LogP contribution >= 0.6 is 23.0 Å². The summed E-state index contributed by atoms with van der Waals surface area (Å²) in [7, 11) is 1.98. The van der Waals surface area contributed by atoms with E-state index >= 15 is 0 Å². The Bertz CT molecular complexity index is 167. The minimum absolute atomic E-state index is 0.0384. The van der Waals surface area contributed by atoms with E-state index in [1.807, 2.05) is 7.05 Å². The van der Waals surface area contributed by atoms with Gasteiger partial charge in [-0.2, -0.15) is 0 Å². The third-order valence-electron chi connectivity index (χ3n) is 2.75. The van der Waals surface area contributed by atoms with Gasteiger partial charge in [0.2, 0.25) is 0 Å². The van der Waals surface area contributed by atoms with Gasteiger partial charge in [-0.25, -0.2) is 0 Å². The first kappa shape index (κ1) is 11.2. The fourth-order valence-corrected chi connectivity index (χ4v) is 2.31. The van der Waals surface area contributed by atoms with Crippen molar-refractivity contribution in [1.82, 2.24) is 5.32 Å². The third kappa shape index (κ3) is 3.42. The molecule has 13 heavy (non-hydrogen) atoms. The summed E-state index contributed by atoms with van der Waals surface area (Å²) in [5.74, 6) is 0.872. The van der Waals surface area contributed by atoms with Crippen LogP contribution in [0.15, 0.2) is 0 Å². The molecule has 1 aliphatic carbocycles. The van der Waals surface area contributed by atoms with Crippen molar-refractivity contribution < 1.29 is 7.86 Å². The van der Waals surface area contributed by atoms with Crippen molar-refractivity contribution in [2.45, 2.75) is 25.7 Å². The van der Waals surface area contributed by atoms with Gasteiger partial charge in [-0.3, -0.25) is 4.79 Å². The number of hydrogen-bond donors (Lipinski definition) is 1. The molecule has 0 spiro atoms. The van der Waals surface area contributed by atoms with E-state index < -0.39 is 0 Å². The monoisotopic (exact) mass is 297 g/mol. The first-order valence-corrected chi connectivity index (χ1v) is 5.63. The van der Waals surface area contributed by atoms with Crippen molar-refractivity contribution in [3.63, 3.8) is 0 Å². The van der Waals surface area contributed by atoms with Gasteiger partial charge in [-0.15, -0.1) is 0 Å². The molecule has 0 heterocycles. The molecule has 1 rings (SSSR count). The maximum atomic E-state index is 11.2. The Balaban J connectivity index is 2.26. The second kappa shape index (κ2) is 5.80. The number of rotatable bonds is 3. The Morgan fingerprint density at radius 2 is 2.08 bits per heavy atom. The topological polar surface area (TPSA) is 38.3 Å². The third-order valence-corrected chi connectivity index (χ3v) is 3.18. The molecule has 3 nitrogen and oxygen atoms in total. The minimum Gasteiger partial charge on any atom is -0.394 e. The lowest BCUT2D eigenvalue weighted by Gasteiger charge is -2.26. The van der Waals surface area contributed by atoms with Gasteiger partial charge in [-0.05, 0) is 45.2 Å². The summed E-state index contributed by atoms with van der Waals surface area (Å²) in [6, 6.07) is 0. The average molecular weight is 297 g/mol. The molecule has 0 aromatic carbocycles. The number of hydrogen-bond acceptors (Lipinski definition) is 3. The molecule has 1 saturated carbocycles. The van der Waals surface area contributed by atoms with E-state index in [0.717, 1.165) is 38.1 Å². The Hall–Kier alpha value is 0.160. The Morgan fingerprint density at radius 3 is 2.54 bits per heavy atom. The minimum atomic E-state index is -0.0384. The highest BCUT2D eigenvalue weighted by Gasteiger charge is 2.26. The number of carbonyl (C=O) groups is 1. The molecule has 0 aromatic rings. The van der Waals surface area contributed by atoms with Gasteiger partial charge in [-0.1, -0.05) is 0 Å². The van der Waals surface area contributed by atoms with Crippen LogP contribution < -0.4 is 5.32 Å². The van der Waals surface area contributed by atoms with Crippen LogP contribution in [0, 0.1) is 11.8 Å². The van der Waals surface area contributed by atoms with Gasteiger partial charge in [0.05, 0.1) is 5.92 Å². The molecule has 0 unspecified atom stereocenters. The zero-order chi connectivity index (χ0) is 9.68. The van der Waals surface area contributed by atoms with E-state index in [1.165, 1.54) is 0 Å². The molecule has 0 radical (unpaired) electrons. The van der Waals surface area contributed by atoms with Gasteiger partial charge in [0.25, 0.3) is 0 Å². The van der Waals surface area contributed by atoms with Crippen molar-refractivity contribution in [1.29, 1.82) is 0 Å². The van der Waals surface area contributed by atoms with Crippen LogP contribution in [0.3, 0.4) is 0 Å². The lowest BCUT2D eigenvalue weighted by atomic mass is 9.82. The lowest BCUT2D eigenvalue weighted by Crippen LogP contribution is -2.27. The van der Waals surface area contributed by atoms with Gasteiger partial charge in [0, 0.05) is 0 Å². The molecule has 4 heteroatoms. The van der Waals surface area contributed by atoms with Crippen molar-refractivity contribution in [2.75, 3.05) is 13.6 Å². The van der Waals surface area contributed by atoms with Crippen LogP contribution in [0.1, 0.15) is 25.7 Å². The summed E-state index contributed by atoms with van der Waals surface area (Å²) in [6.45, 7) is 1.08. The molecule has 1 N–H and O–H groups in total. The molecular weight excluding hydrogens is 281 g/mol. The van der Waals surface area contributed by atoms with E-state index in [2.05, 4.69) is 5.32 Å². The van der Waals surface area contributed by atoms with Crippen molar-refractivity contribution in [2.24, 2.45) is 11.8 Å². The summed E-state index contributed by atoms with van der Waals surface area (Å²) in [4.78, 5) is 11.2. The van der Waals surface area contributed by atoms with Crippen LogP contribution in [0.5, 0.6) is 0 Å². The van der Waals surface area contributed by atoms with Crippen LogP contribution in [-0.2, 0) is 7.86 Å². The fraction of sp³-hybridized carbons (Fsp3) is 0.889. The quantitative estimate of drug-likeness (QED) is 0.809. The molecule has 1 aliphatic rings. The van der Waals surface area contributed by atoms with Crippen molar-refractivity contribution in [3.05, 3.63) is 0 Å². The highest BCUT2D eigenvalue weighted by Crippen LogP contribution is 2.29.